The number of anilines is 1. The molecule has 0 aliphatic heterocycles. The van der Waals surface area contributed by atoms with Gasteiger partial charge in [-0.2, -0.15) is 0 Å². The molecule has 150 valence electrons. The predicted octanol–water partition coefficient (Wildman–Crippen LogP) is 3.17. The van der Waals surface area contributed by atoms with E-state index < -0.39 is 0 Å². The van der Waals surface area contributed by atoms with E-state index in [0.717, 1.165) is 38.4 Å². The minimum atomic E-state index is -0.120. The number of rotatable bonds is 10. The maximum Gasteiger partial charge on any atom is 0.246 e. The molecule has 1 amide bonds. The molecule has 27 heavy (non-hydrogen) atoms. The number of carbonyl (C=O) groups is 1. The standard InChI is InChI=1S/C21H34N4O2/c1-3-22-20(23-16-19(26)25-18-10-6-5-7-11-18)24-17-21(12-8-9-13-21)14-15-27-4-2/h5-7,10-11H,3-4,8-9,12-17H2,1-2H3,(H,25,26)(H2,22,23,24). The van der Waals surface area contributed by atoms with Crippen LogP contribution in [-0.4, -0.2) is 44.7 Å². The Morgan fingerprint density at radius 3 is 2.56 bits per heavy atom. The zero-order chi connectivity index (χ0) is 19.4. The Balaban J connectivity index is 1.87. The molecule has 0 aromatic heterocycles. The molecular weight excluding hydrogens is 340 g/mol. The van der Waals surface area contributed by atoms with Crippen molar-refractivity contribution in [2.45, 2.75) is 46.0 Å². The highest BCUT2D eigenvalue weighted by molar-refractivity contribution is 5.94. The van der Waals surface area contributed by atoms with Crippen molar-refractivity contribution >= 4 is 17.6 Å². The molecule has 0 radical (unpaired) electrons. The summed E-state index contributed by atoms with van der Waals surface area (Å²) in [5.74, 6) is 0.578. The lowest BCUT2D eigenvalue weighted by atomic mass is 9.83. The van der Waals surface area contributed by atoms with E-state index >= 15 is 0 Å². The van der Waals surface area contributed by atoms with Gasteiger partial charge >= 0.3 is 0 Å². The van der Waals surface area contributed by atoms with E-state index in [2.05, 4.69) is 20.9 Å². The molecule has 2 rings (SSSR count). The second kappa shape index (κ2) is 11.6. The van der Waals surface area contributed by atoms with E-state index in [9.17, 15) is 4.79 Å². The highest BCUT2D eigenvalue weighted by Crippen LogP contribution is 2.40. The number of hydrogen-bond donors (Lipinski definition) is 3. The normalized spacial score (nSPS) is 16.1. The van der Waals surface area contributed by atoms with Gasteiger partial charge < -0.3 is 20.7 Å². The molecule has 1 saturated carbocycles. The Labute approximate surface area is 163 Å². The average Bonchev–Trinajstić information content (AvgIpc) is 3.14. The van der Waals surface area contributed by atoms with Crippen LogP contribution in [0.5, 0.6) is 0 Å². The lowest BCUT2D eigenvalue weighted by molar-refractivity contribution is -0.114. The van der Waals surface area contributed by atoms with Crippen molar-refractivity contribution in [2.75, 3.05) is 38.2 Å². The minimum absolute atomic E-state index is 0.0934. The van der Waals surface area contributed by atoms with E-state index in [4.69, 9.17) is 4.74 Å². The van der Waals surface area contributed by atoms with Gasteiger partial charge in [-0.25, -0.2) is 4.99 Å². The van der Waals surface area contributed by atoms with Gasteiger partial charge in [0.05, 0.1) is 0 Å². The molecule has 1 fully saturated rings. The number of nitrogens with zero attached hydrogens (tertiary/aromatic N) is 1. The van der Waals surface area contributed by atoms with Crippen LogP contribution in [-0.2, 0) is 9.53 Å². The van der Waals surface area contributed by atoms with Crippen molar-refractivity contribution in [3.8, 4) is 0 Å². The number of hydrogen-bond acceptors (Lipinski definition) is 3. The van der Waals surface area contributed by atoms with Gasteiger partial charge in [0.15, 0.2) is 5.96 Å². The van der Waals surface area contributed by atoms with Crippen LogP contribution < -0.4 is 16.0 Å². The molecule has 0 spiro atoms. The molecule has 6 heteroatoms. The highest BCUT2D eigenvalue weighted by atomic mass is 16.5. The molecular formula is C21H34N4O2. The number of aliphatic imine (C=N–C) groups is 1. The van der Waals surface area contributed by atoms with Crippen molar-refractivity contribution in [3.63, 3.8) is 0 Å². The van der Waals surface area contributed by atoms with E-state index in [0.29, 0.717) is 5.96 Å². The van der Waals surface area contributed by atoms with Crippen LogP contribution in [0.4, 0.5) is 5.69 Å². The van der Waals surface area contributed by atoms with Gasteiger partial charge in [-0.3, -0.25) is 4.79 Å². The summed E-state index contributed by atoms with van der Waals surface area (Å²) in [5.41, 5.74) is 1.06. The number of nitrogens with one attached hydrogen (secondary N) is 3. The average molecular weight is 375 g/mol. The number of amides is 1. The fraction of sp³-hybridized carbons (Fsp3) is 0.619. The lowest BCUT2D eigenvalue weighted by Gasteiger charge is -2.30. The number of para-hydroxylation sites is 1. The monoisotopic (exact) mass is 374 g/mol. The van der Waals surface area contributed by atoms with Crippen LogP contribution in [0.25, 0.3) is 0 Å². The molecule has 0 atom stereocenters. The molecule has 3 N–H and O–H groups in total. The van der Waals surface area contributed by atoms with Gasteiger partial charge in [0.25, 0.3) is 0 Å². The zero-order valence-corrected chi connectivity index (χ0v) is 16.7. The SMILES string of the molecule is CCNC(=NCC(=O)Nc1ccccc1)NCC1(CCOCC)CCCC1. The summed E-state index contributed by atoms with van der Waals surface area (Å²) < 4.78 is 5.58. The van der Waals surface area contributed by atoms with Gasteiger partial charge in [-0.15, -0.1) is 0 Å². The number of guanidine groups is 1. The Bertz CT molecular complexity index is 583. The Morgan fingerprint density at radius 2 is 1.89 bits per heavy atom. The molecule has 1 aliphatic rings. The van der Waals surface area contributed by atoms with Crippen molar-refractivity contribution in [1.82, 2.24) is 10.6 Å². The summed E-state index contributed by atoms with van der Waals surface area (Å²) in [4.78, 5) is 16.6. The van der Waals surface area contributed by atoms with Gasteiger partial charge in [0.1, 0.15) is 6.54 Å². The van der Waals surface area contributed by atoms with Crippen molar-refractivity contribution in [2.24, 2.45) is 10.4 Å². The Morgan fingerprint density at radius 1 is 1.15 bits per heavy atom. The van der Waals surface area contributed by atoms with Crippen molar-refractivity contribution in [3.05, 3.63) is 30.3 Å². The second-order valence-corrected chi connectivity index (χ2v) is 7.12. The second-order valence-electron chi connectivity index (χ2n) is 7.12. The fourth-order valence-corrected chi connectivity index (χ4v) is 3.56. The molecule has 0 bridgehead atoms. The summed E-state index contributed by atoms with van der Waals surface area (Å²) in [6.45, 7) is 7.37. The van der Waals surface area contributed by atoms with E-state index in [-0.39, 0.29) is 17.9 Å². The summed E-state index contributed by atoms with van der Waals surface area (Å²) >= 11 is 0. The van der Waals surface area contributed by atoms with Crippen LogP contribution >= 0.6 is 0 Å². The summed E-state index contributed by atoms with van der Waals surface area (Å²) in [6.07, 6.45) is 6.08. The third-order valence-electron chi connectivity index (χ3n) is 5.06. The number of carbonyl (C=O) groups excluding carboxylic acids is 1. The third kappa shape index (κ3) is 7.59. The largest absolute Gasteiger partial charge is 0.382 e. The lowest BCUT2D eigenvalue weighted by Crippen LogP contribution is -2.43. The predicted molar refractivity (Wildman–Crippen MR) is 111 cm³/mol. The molecule has 0 unspecified atom stereocenters. The summed E-state index contributed by atoms with van der Waals surface area (Å²) in [7, 11) is 0. The summed E-state index contributed by atoms with van der Waals surface area (Å²) in [5, 5.41) is 9.55. The molecule has 0 saturated heterocycles. The van der Waals surface area contributed by atoms with Crippen LogP contribution in [0.3, 0.4) is 0 Å². The van der Waals surface area contributed by atoms with Crippen molar-refractivity contribution in [1.29, 1.82) is 0 Å². The topological polar surface area (TPSA) is 74.8 Å². The van der Waals surface area contributed by atoms with Crippen LogP contribution in [0.15, 0.2) is 35.3 Å². The quantitative estimate of drug-likeness (QED) is 0.334. The van der Waals surface area contributed by atoms with Gasteiger partial charge in [0.2, 0.25) is 5.91 Å². The van der Waals surface area contributed by atoms with Gasteiger partial charge in [-0.1, -0.05) is 31.0 Å². The first kappa shape index (κ1) is 21.2. The molecule has 6 nitrogen and oxygen atoms in total. The third-order valence-corrected chi connectivity index (χ3v) is 5.06. The number of ether oxygens (including phenoxy) is 1. The Kier molecular flexibility index (Phi) is 9.11. The van der Waals surface area contributed by atoms with E-state index in [1.54, 1.807) is 0 Å². The molecule has 1 aliphatic carbocycles. The van der Waals surface area contributed by atoms with E-state index in [1.165, 1.54) is 25.7 Å². The van der Waals surface area contributed by atoms with Gasteiger partial charge in [-0.05, 0) is 50.7 Å². The first-order valence-corrected chi connectivity index (χ1v) is 10.1. The maximum atomic E-state index is 12.1. The van der Waals surface area contributed by atoms with Crippen LogP contribution in [0.1, 0.15) is 46.0 Å². The zero-order valence-electron chi connectivity index (χ0n) is 16.7. The summed E-state index contributed by atoms with van der Waals surface area (Å²) in [6, 6.07) is 9.45. The molecule has 1 aromatic rings. The first-order valence-electron chi connectivity index (χ1n) is 10.1. The Hall–Kier alpha value is -2.08. The molecule has 1 aromatic carbocycles. The minimum Gasteiger partial charge on any atom is -0.382 e. The van der Waals surface area contributed by atoms with E-state index in [1.807, 2.05) is 44.2 Å². The maximum absolute atomic E-state index is 12.1. The first-order chi connectivity index (χ1) is 13.2. The smallest absolute Gasteiger partial charge is 0.246 e. The van der Waals surface area contributed by atoms with Crippen LogP contribution in [0.2, 0.25) is 0 Å². The fourth-order valence-electron chi connectivity index (χ4n) is 3.56. The van der Waals surface area contributed by atoms with Crippen LogP contribution in [0, 0.1) is 5.41 Å². The van der Waals surface area contributed by atoms with Crippen molar-refractivity contribution < 1.29 is 9.53 Å². The molecule has 0 heterocycles. The highest BCUT2D eigenvalue weighted by Gasteiger charge is 2.33. The van der Waals surface area contributed by atoms with Gasteiger partial charge in [0, 0.05) is 32.0 Å². The number of benzene rings is 1.